The maximum Gasteiger partial charge on any atom is 0.257 e. The zero-order valence-electron chi connectivity index (χ0n) is 8.42. The molecule has 0 spiro atoms. The molecule has 0 bridgehead atoms. The average molecular weight is 214 g/mol. The number of nitrogens with zero attached hydrogens (tertiary/aromatic N) is 2. The lowest BCUT2D eigenvalue weighted by Gasteiger charge is -2.04. The van der Waals surface area contributed by atoms with Gasteiger partial charge in [-0.05, 0) is 24.3 Å². The van der Waals surface area contributed by atoms with E-state index in [0.717, 1.165) is 0 Å². The Balaban J connectivity index is 2.12. The number of rotatable bonds is 2. The highest BCUT2D eigenvalue weighted by molar-refractivity contribution is 6.04. The smallest absolute Gasteiger partial charge is 0.257 e. The van der Waals surface area contributed by atoms with E-state index in [1.807, 2.05) is 0 Å². The van der Waals surface area contributed by atoms with Crippen LogP contribution in [-0.4, -0.2) is 15.9 Å². The molecule has 0 unspecified atom stereocenters. The minimum absolute atomic E-state index is 0.223. The molecule has 0 aromatic carbocycles. The van der Waals surface area contributed by atoms with Crippen molar-refractivity contribution in [3.63, 3.8) is 0 Å². The third-order valence-corrected chi connectivity index (χ3v) is 1.99. The Hall–Kier alpha value is -2.43. The Kier molecular flexibility index (Phi) is 2.77. The van der Waals surface area contributed by atoms with Crippen LogP contribution in [0.5, 0.6) is 0 Å². The van der Waals surface area contributed by atoms with Crippen LogP contribution in [0.2, 0.25) is 0 Å². The highest BCUT2D eigenvalue weighted by Gasteiger charge is 2.05. The Morgan fingerprint density at radius 2 is 1.94 bits per heavy atom. The third-order valence-electron chi connectivity index (χ3n) is 1.99. The number of nitrogen functional groups attached to an aromatic ring is 1. The Morgan fingerprint density at radius 1 is 1.19 bits per heavy atom. The summed E-state index contributed by atoms with van der Waals surface area (Å²) in [7, 11) is 0. The first-order valence-corrected chi connectivity index (χ1v) is 4.68. The molecule has 2 aromatic heterocycles. The molecule has 5 heteroatoms. The second-order valence-corrected chi connectivity index (χ2v) is 3.16. The number of nitrogens with two attached hydrogens (primary N) is 1. The molecule has 2 rings (SSSR count). The van der Waals surface area contributed by atoms with Gasteiger partial charge in [-0.2, -0.15) is 0 Å². The van der Waals surface area contributed by atoms with E-state index in [-0.39, 0.29) is 5.91 Å². The summed E-state index contributed by atoms with van der Waals surface area (Å²) in [6.45, 7) is 0. The second kappa shape index (κ2) is 4.39. The van der Waals surface area contributed by atoms with Crippen molar-refractivity contribution in [1.29, 1.82) is 0 Å². The van der Waals surface area contributed by atoms with Gasteiger partial charge in [-0.25, -0.2) is 4.98 Å². The molecular weight excluding hydrogens is 204 g/mol. The number of nitrogens with one attached hydrogen (secondary N) is 1. The van der Waals surface area contributed by atoms with Gasteiger partial charge in [0.25, 0.3) is 5.91 Å². The maximum absolute atomic E-state index is 11.7. The van der Waals surface area contributed by atoms with Crippen LogP contribution in [0, 0.1) is 0 Å². The number of hydrogen-bond acceptors (Lipinski definition) is 4. The van der Waals surface area contributed by atoms with Crippen molar-refractivity contribution in [2.45, 2.75) is 0 Å². The first kappa shape index (κ1) is 10.1. The maximum atomic E-state index is 11.7. The Labute approximate surface area is 92.3 Å². The number of amides is 1. The molecule has 0 aliphatic rings. The second-order valence-electron chi connectivity index (χ2n) is 3.16. The van der Waals surface area contributed by atoms with E-state index >= 15 is 0 Å². The van der Waals surface area contributed by atoms with Gasteiger partial charge in [0.15, 0.2) is 0 Å². The van der Waals surface area contributed by atoms with Crippen LogP contribution < -0.4 is 11.1 Å². The van der Waals surface area contributed by atoms with Crippen molar-refractivity contribution in [1.82, 2.24) is 9.97 Å². The van der Waals surface area contributed by atoms with Crippen molar-refractivity contribution >= 4 is 17.4 Å². The fourth-order valence-electron chi connectivity index (χ4n) is 1.18. The van der Waals surface area contributed by atoms with Gasteiger partial charge in [0.2, 0.25) is 0 Å². The van der Waals surface area contributed by atoms with Gasteiger partial charge in [-0.1, -0.05) is 0 Å². The van der Waals surface area contributed by atoms with Crippen molar-refractivity contribution < 1.29 is 4.79 Å². The molecule has 0 aliphatic carbocycles. The molecule has 1 amide bonds. The van der Waals surface area contributed by atoms with E-state index in [9.17, 15) is 4.79 Å². The highest BCUT2D eigenvalue weighted by atomic mass is 16.1. The first-order valence-electron chi connectivity index (χ1n) is 4.68. The fraction of sp³-hybridized carbons (Fsp3) is 0. The van der Waals surface area contributed by atoms with Crippen molar-refractivity contribution in [2.75, 3.05) is 11.1 Å². The molecule has 2 heterocycles. The summed E-state index contributed by atoms with van der Waals surface area (Å²) in [5, 5.41) is 2.72. The van der Waals surface area contributed by atoms with Gasteiger partial charge >= 0.3 is 0 Å². The van der Waals surface area contributed by atoms with Crippen LogP contribution in [0.15, 0.2) is 42.9 Å². The van der Waals surface area contributed by atoms with Crippen LogP contribution in [-0.2, 0) is 0 Å². The third kappa shape index (κ3) is 2.33. The number of aromatic nitrogens is 2. The number of carbonyl (C=O) groups is 1. The first-order chi connectivity index (χ1) is 7.75. The molecule has 0 aliphatic heterocycles. The van der Waals surface area contributed by atoms with Crippen LogP contribution in [0.4, 0.5) is 11.5 Å². The van der Waals surface area contributed by atoms with Gasteiger partial charge in [-0.3, -0.25) is 9.78 Å². The summed E-state index contributed by atoms with van der Waals surface area (Å²) >= 11 is 0. The number of anilines is 2. The van der Waals surface area contributed by atoms with Gasteiger partial charge in [0, 0.05) is 24.3 Å². The number of hydrogen-bond donors (Lipinski definition) is 2. The van der Waals surface area contributed by atoms with Gasteiger partial charge in [0.1, 0.15) is 5.82 Å². The standard InChI is InChI=1S/C11H10N4O/c12-10-2-1-8(7-14-10)11(16)15-9-3-5-13-6-4-9/h1-7H,(H2,12,14)(H,13,15,16). The summed E-state index contributed by atoms with van der Waals surface area (Å²) in [5.41, 5.74) is 6.58. The van der Waals surface area contributed by atoms with Crippen molar-refractivity contribution in [3.8, 4) is 0 Å². The van der Waals surface area contributed by atoms with Crippen molar-refractivity contribution in [2.24, 2.45) is 0 Å². The molecule has 0 atom stereocenters. The molecule has 0 fully saturated rings. The molecule has 5 nitrogen and oxygen atoms in total. The van der Waals surface area contributed by atoms with E-state index in [1.165, 1.54) is 6.20 Å². The summed E-state index contributed by atoms with van der Waals surface area (Å²) in [6.07, 6.45) is 4.65. The van der Waals surface area contributed by atoms with E-state index in [2.05, 4.69) is 15.3 Å². The molecule has 0 radical (unpaired) electrons. The topological polar surface area (TPSA) is 80.9 Å². The van der Waals surface area contributed by atoms with Crippen LogP contribution in [0.1, 0.15) is 10.4 Å². The molecule has 3 N–H and O–H groups in total. The average Bonchev–Trinajstić information content (AvgIpc) is 2.31. The summed E-state index contributed by atoms with van der Waals surface area (Å²) in [5.74, 6) is 0.166. The minimum atomic E-state index is -0.223. The normalized spacial score (nSPS) is 9.75. The summed E-state index contributed by atoms with van der Waals surface area (Å²) < 4.78 is 0. The predicted octanol–water partition coefficient (Wildman–Crippen LogP) is 1.31. The molecular formula is C11H10N4O. The monoisotopic (exact) mass is 214 g/mol. The van der Waals surface area contributed by atoms with Crippen LogP contribution >= 0.6 is 0 Å². The molecule has 0 saturated carbocycles. The van der Waals surface area contributed by atoms with Gasteiger partial charge in [-0.15, -0.1) is 0 Å². The van der Waals surface area contributed by atoms with E-state index in [4.69, 9.17) is 5.73 Å². The summed E-state index contributed by atoms with van der Waals surface area (Å²) in [4.78, 5) is 19.4. The van der Waals surface area contributed by atoms with Crippen LogP contribution in [0.3, 0.4) is 0 Å². The molecule has 0 saturated heterocycles. The Bertz CT molecular complexity index is 481. The number of carbonyl (C=O) groups excluding carboxylic acids is 1. The molecule has 80 valence electrons. The molecule has 16 heavy (non-hydrogen) atoms. The highest BCUT2D eigenvalue weighted by Crippen LogP contribution is 2.07. The minimum Gasteiger partial charge on any atom is -0.384 e. The van der Waals surface area contributed by atoms with E-state index in [0.29, 0.717) is 17.1 Å². The fourth-order valence-corrected chi connectivity index (χ4v) is 1.18. The van der Waals surface area contributed by atoms with Gasteiger partial charge in [0.05, 0.1) is 5.56 Å². The van der Waals surface area contributed by atoms with Gasteiger partial charge < -0.3 is 11.1 Å². The Morgan fingerprint density at radius 3 is 2.56 bits per heavy atom. The van der Waals surface area contributed by atoms with Crippen molar-refractivity contribution in [3.05, 3.63) is 48.4 Å². The summed E-state index contributed by atoms with van der Waals surface area (Å²) in [6, 6.07) is 6.63. The zero-order valence-corrected chi connectivity index (χ0v) is 8.42. The number of pyridine rings is 2. The predicted molar refractivity (Wildman–Crippen MR) is 60.8 cm³/mol. The van der Waals surface area contributed by atoms with Crippen LogP contribution in [0.25, 0.3) is 0 Å². The zero-order chi connectivity index (χ0) is 11.4. The lowest BCUT2D eigenvalue weighted by molar-refractivity contribution is 0.102. The lowest BCUT2D eigenvalue weighted by Crippen LogP contribution is -2.12. The largest absolute Gasteiger partial charge is 0.384 e. The van der Waals surface area contributed by atoms with E-state index in [1.54, 1.807) is 36.7 Å². The molecule has 2 aromatic rings. The quantitative estimate of drug-likeness (QED) is 0.789. The lowest BCUT2D eigenvalue weighted by atomic mass is 10.2. The van der Waals surface area contributed by atoms with E-state index < -0.39 is 0 Å². The SMILES string of the molecule is Nc1ccc(C(=O)Nc2ccncc2)cn1.